The van der Waals surface area contributed by atoms with Gasteiger partial charge in [0.1, 0.15) is 16.6 Å². The Balaban J connectivity index is 1.52. The predicted octanol–water partition coefficient (Wildman–Crippen LogP) is 3.32. The standard InChI is InChI=1S/C23H20N4O3S2/c1-15-20(22(30)27(25(15)2)17-11-7-4-8-12-17)24-19(28)14-26-21(29)18(32-23(26)31)13-16-9-5-3-6-10-16/h3-13H,14H2,1-2H3,(H,24,28). The van der Waals surface area contributed by atoms with E-state index in [-0.39, 0.29) is 23.7 Å². The molecule has 0 atom stereocenters. The first-order chi connectivity index (χ1) is 15.4. The second kappa shape index (κ2) is 8.97. The van der Waals surface area contributed by atoms with Crippen molar-refractivity contribution in [3.63, 3.8) is 0 Å². The van der Waals surface area contributed by atoms with Crippen molar-refractivity contribution in [3.8, 4) is 5.69 Å². The maximum atomic E-state index is 13.0. The Morgan fingerprint density at radius 1 is 1.06 bits per heavy atom. The maximum absolute atomic E-state index is 13.0. The number of amides is 2. The van der Waals surface area contributed by atoms with Gasteiger partial charge in [-0.25, -0.2) is 4.68 Å². The molecule has 1 fully saturated rings. The first kappa shape index (κ1) is 21.8. The molecule has 0 radical (unpaired) electrons. The van der Waals surface area contributed by atoms with Crippen LogP contribution in [0.15, 0.2) is 70.4 Å². The average molecular weight is 465 g/mol. The molecule has 0 spiro atoms. The van der Waals surface area contributed by atoms with E-state index in [1.54, 1.807) is 24.7 Å². The van der Waals surface area contributed by atoms with Crippen molar-refractivity contribution in [1.82, 2.24) is 14.3 Å². The van der Waals surface area contributed by atoms with Crippen LogP contribution in [0.4, 0.5) is 5.69 Å². The molecule has 1 saturated heterocycles. The number of benzene rings is 2. The molecule has 2 heterocycles. The molecule has 0 unspecified atom stereocenters. The van der Waals surface area contributed by atoms with Crippen LogP contribution < -0.4 is 10.9 Å². The minimum atomic E-state index is -0.492. The van der Waals surface area contributed by atoms with Gasteiger partial charge in [0.25, 0.3) is 11.5 Å². The van der Waals surface area contributed by atoms with Crippen LogP contribution in [0.3, 0.4) is 0 Å². The number of hydrogen-bond acceptors (Lipinski definition) is 5. The molecule has 2 amide bonds. The Bertz CT molecular complexity index is 1290. The van der Waals surface area contributed by atoms with Crippen molar-refractivity contribution < 1.29 is 9.59 Å². The van der Waals surface area contributed by atoms with Crippen molar-refractivity contribution in [2.75, 3.05) is 11.9 Å². The molecule has 1 aliphatic heterocycles. The number of rotatable bonds is 5. The van der Waals surface area contributed by atoms with Gasteiger partial charge in [0.05, 0.1) is 16.3 Å². The fourth-order valence-electron chi connectivity index (χ4n) is 3.37. The molecule has 3 aromatic rings. The fraction of sp³-hybridized carbons (Fsp3) is 0.130. The third-order valence-electron chi connectivity index (χ3n) is 5.09. The van der Waals surface area contributed by atoms with Crippen LogP contribution in [-0.2, 0) is 16.6 Å². The summed E-state index contributed by atoms with van der Waals surface area (Å²) in [6.45, 7) is 1.48. The van der Waals surface area contributed by atoms with Crippen molar-refractivity contribution in [2.24, 2.45) is 7.05 Å². The molecule has 7 nitrogen and oxygen atoms in total. The van der Waals surface area contributed by atoms with Crippen LogP contribution in [0.25, 0.3) is 11.8 Å². The first-order valence-electron chi connectivity index (χ1n) is 9.81. The van der Waals surface area contributed by atoms with Crippen LogP contribution in [0.2, 0.25) is 0 Å². The highest BCUT2D eigenvalue weighted by molar-refractivity contribution is 8.26. The van der Waals surface area contributed by atoms with Gasteiger partial charge in [0.15, 0.2) is 0 Å². The highest BCUT2D eigenvalue weighted by Crippen LogP contribution is 2.32. The molecule has 32 heavy (non-hydrogen) atoms. The number of carbonyl (C=O) groups is 2. The lowest BCUT2D eigenvalue weighted by molar-refractivity contribution is -0.126. The SMILES string of the molecule is Cc1c(NC(=O)CN2C(=O)C(=Cc3ccccc3)SC2=S)c(=O)n(-c2ccccc2)n1C. The fourth-order valence-corrected chi connectivity index (χ4v) is 4.63. The van der Waals surface area contributed by atoms with Crippen LogP contribution >= 0.6 is 24.0 Å². The van der Waals surface area contributed by atoms with E-state index in [1.165, 1.54) is 9.58 Å². The number of nitrogens with zero attached hydrogens (tertiary/aromatic N) is 3. The van der Waals surface area contributed by atoms with E-state index in [0.717, 1.165) is 17.3 Å². The summed E-state index contributed by atoms with van der Waals surface area (Å²) in [6, 6.07) is 18.6. The number of thiocarbonyl (C=S) groups is 1. The molecule has 1 N–H and O–H groups in total. The molecule has 0 aliphatic carbocycles. The van der Waals surface area contributed by atoms with Gasteiger partial charge in [0, 0.05) is 7.05 Å². The van der Waals surface area contributed by atoms with Gasteiger partial charge in [-0.1, -0.05) is 72.5 Å². The highest BCUT2D eigenvalue weighted by Gasteiger charge is 2.33. The van der Waals surface area contributed by atoms with Crippen molar-refractivity contribution >= 4 is 51.9 Å². The number of nitrogens with one attached hydrogen (secondary N) is 1. The Kier molecular flexibility index (Phi) is 6.11. The summed E-state index contributed by atoms with van der Waals surface area (Å²) in [5.74, 6) is -0.821. The van der Waals surface area contributed by atoms with Gasteiger partial charge >= 0.3 is 0 Å². The molecule has 162 valence electrons. The van der Waals surface area contributed by atoms with Gasteiger partial charge in [-0.3, -0.25) is 24.0 Å². The van der Waals surface area contributed by atoms with E-state index in [0.29, 0.717) is 20.6 Å². The van der Waals surface area contributed by atoms with E-state index in [9.17, 15) is 14.4 Å². The molecule has 2 aromatic carbocycles. The zero-order valence-electron chi connectivity index (χ0n) is 17.4. The Hall–Kier alpha value is -3.43. The number of para-hydroxylation sites is 1. The topological polar surface area (TPSA) is 76.3 Å². The van der Waals surface area contributed by atoms with E-state index in [4.69, 9.17) is 12.2 Å². The summed E-state index contributed by atoms with van der Waals surface area (Å²) in [4.78, 5) is 40.2. The van der Waals surface area contributed by atoms with Gasteiger partial charge in [-0.2, -0.15) is 0 Å². The summed E-state index contributed by atoms with van der Waals surface area (Å²) in [7, 11) is 1.75. The molecule has 4 rings (SSSR count). The molecule has 1 aliphatic rings. The number of aromatic nitrogens is 2. The number of carbonyl (C=O) groups excluding carboxylic acids is 2. The van der Waals surface area contributed by atoms with E-state index >= 15 is 0 Å². The van der Waals surface area contributed by atoms with Crippen LogP contribution in [-0.4, -0.2) is 36.9 Å². The van der Waals surface area contributed by atoms with Gasteiger partial charge in [0.2, 0.25) is 5.91 Å². The van der Waals surface area contributed by atoms with Gasteiger partial charge < -0.3 is 5.32 Å². The van der Waals surface area contributed by atoms with Gasteiger partial charge in [-0.15, -0.1) is 0 Å². The molecule has 9 heteroatoms. The lowest BCUT2D eigenvalue weighted by Gasteiger charge is -2.13. The molecular weight excluding hydrogens is 444 g/mol. The van der Waals surface area contributed by atoms with Gasteiger partial charge in [-0.05, 0) is 30.7 Å². The first-order valence-corrected chi connectivity index (χ1v) is 11.0. The normalized spacial score (nSPS) is 14.9. The third kappa shape index (κ3) is 4.17. The third-order valence-corrected chi connectivity index (χ3v) is 6.47. The maximum Gasteiger partial charge on any atom is 0.295 e. The summed E-state index contributed by atoms with van der Waals surface area (Å²) < 4.78 is 3.46. The summed E-state index contributed by atoms with van der Waals surface area (Å²) in [5.41, 5.74) is 1.98. The number of hydrogen-bond donors (Lipinski definition) is 1. The number of thioether (sulfide) groups is 1. The van der Waals surface area contributed by atoms with Crippen LogP contribution in [0, 0.1) is 6.92 Å². The zero-order chi connectivity index (χ0) is 22.8. The Labute approximate surface area is 194 Å². The molecule has 0 saturated carbocycles. The Morgan fingerprint density at radius 3 is 2.34 bits per heavy atom. The summed E-state index contributed by atoms with van der Waals surface area (Å²) >= 11 is 6.47. The molecule has 1 aromatic heterocycles. The zero-order valence-corrected chi connectivity index (χ0v) is 19.1. The van der Waals surface area contributed by atoms with Crippen molar-refractivity contribution in [3.05, 3.63) is 87.2 Å². The quantitative estimate of drug-likeness (QED) is 0.463. The molecular formula is C23H20N4O3S2. The summed E-state index contributed by atoms with van der Waals surface area (Å²) in [6.07, 6.45) is 1.75. The van der Waals surface area contributed by atoms with Crippen molar-refractivity contribution in [2.45, 2.75) is 6.92 Å². The lowest BCUT2D eigenvalue weighted by Crippen LogP contribution is -2.37. The minimum absolute atomic E-state index is 0.173. The molecule has 0 bridgehead atoms. The van der Waals surface area contributed by atoms with E-state index in [2.05, 4.69) is 5.32 Å². The second-order valence-electron chi connectivity index (χ2n) is 7.16. The van der Waals surface area contributed by atoms with Crippen LogP contribution in [0.5, 0.6) is 0 Å². The highest BCUT2D eigenvalue weighted by atomic mass is 32.2. The number of anilines is 1. The van der Waals surface area contributed by atoms with Crippen LogP contribution in [0.1, 0.15) is 11.3 Å². The van der Waals surface area contributed by atoms with Crippen molar-refractivity contribution in [1.29, 1.82) is 0 Å². The summed E-state index contributed by atoms with van der Waals surface area (Å²) in [5, 5.41) is 2.67. The predicted molar refractivity (Wildman–Crippen MR) is 131 cm³/mol. The average Bonchev–Trinajstić information content (AvgIpc) is 3.16. The second-order valence-corrected chi connectivity index (χ2v) is 8.84. The van der Waals surface area contributed by atoms with E-state index in [1.807, 2.05) is 60.7 Å². The smallest absolute Gasteiger partial charge is 0.295 e. The monoisotopic (exact) mass is 464 g/mol. The largest absolute Gasteiger partial charge is 0.318 e. The Morgan fingerprint density at radius 2 is 1.69 bits per heavy atom. The lowest BCUT2D eigenvalue weighted by atomic mass is 10.2. The minimum Gasteiger partial charge on any atom is -0.318 e. The van der Waals surface area contributed by atoms with E-state index < -0.39 is 5.91 Å².